The van der Waals surface area contributed by atoms with Crippen molar-refractivity contribution in [2.45, 2.75) is 31.2 Å². The van der Waals surface area contributed by atoms with E-state index in [9.17, 15) is 23.1 Å². The number of carbonyl (C=O) groups is 1. The molecular formula is C15H12ClF3N2O2. The summed E-state index contributed by atoms with van der Waals surface area (Å²) in [4.78, 5) is 11.7. The van der Waals surface area contributed by atoms with Gasteiger partial charge in [-0.15, -0.1) is 0 Å². The quantitative estimate of drug-likeness (QED) is 0.685. The number of aliphatic hydroxyl groups excluding tert-OH is 1. The number of hydrogen-bond donors (Lipinski definition) is 3. The molecule has 0 spiro atoms. The second-order valence-electron chi connectivity index (χ2n) is 5.52. The van der Waals surface area contributed by atoms with Crippen LogP contribution in [0.1, 0.15) is 24.0 Å². The van der Waals surface area contributed by atoms with Crippen LogP contribution in [0.3, 0.4) is 0 Å². The van der Waals surface area contributed by atoms with Crippen LogP contribution in [0.4, 0.5) is 23.7 Å². The van der Waals surface area contributed by atoms with E-state index in [0.29, 0.717) is 0 Å². The summed E-state index contributed by atoms with van der Waals surface area (Å²) in [6, 6.07) is 1.31. The first-order valence-corrected chi connectivity index (χ1v) is 7.27. The van der Waals surface area contributed by atoms with Crippen molar-refractivity contribution in [3.05, 3.63) is 28.3 Å². The minimum atomic E-state index is -4.83. The number of fused-ring (bicyclic) bond motifs is 1. The lowest BCUT2D eigenvalue weighted by Gasteiger charge is -2.37. The van der Waals surface area contributed by atoms with Gasteiger partial charge in [-0.1, -0.05) is 23.4 Å². The number of aliphatic hydroxyl groups is 1. The molecule has 0 aromatic heterocycles. The van der Waals surface area contributed by atoms with E-state index < -0.39 is 24.4 Å². The highest BCUT2D eigenvalue weighted by atomic mass is 35.5. The summed E-state index contributed by atoms with van der Waals surface area (Å²) in [5.41, 5.74) is -2.94. The van der Waals surface area contributed by atoms with Crippen LogP contribution in [0, 0.1) is 17.8 Å². The molecule has 1 aromatic rings. The maximum absolute atomic E-state index is 13.8. The molecule has 1 saturated carbocycles. The number of carbonyl (C=O) groups excluding carboxylic acids is 1. The molecule has 3 rings (SSSR count). The highest BCUT2D eigenvalue weighted by Gasteiger charge is 2.59. The van der Waals surface area contributed by atoms with Gasteiger partial charge in [-0.3, -0.25) is 0 Å². The van der Waals surface area contributed by atoms with Crippen molar-refractivity contribution in [2.75, 3.05) is 5.32 Å². The lowest BCUT2D eigenvalue weighted by atomic mass is 9.85. The van der Waals surface area contributed by atoms with Gasteiger partial charge in [-0.25, -0.2) is 4.79 Å². The Morgan fingerprint density at radius 2 is 2.09 bits per heavy atom. The number of amides is 2. The number of halogens is 4. The van der Waals surface area contributed by atoms with Gasteiger partial charge < -0.3 is 15.7 Å². The normalized spacial score (nSPS) is 23.3. The molecule has 2 aliphatic rings. The van der Waals surface area contributed by atoms with Crippen molar-refractivity contribution >= 4 is 23.3 Å². The summed E-state index contributed by atoms with van der Waals surface area (Å²) in [5, 5.41) is 13.4. The van der Waals surface area contributed by atoms with E-state index in [1.54, 1.807) is 0 Å². The lowest BCUT2D eigenvalue weighted by molar-refractivity contribution is -0.178. The number of benzene rings is 1. The molecule has 2 amide bonds. The molecule has 1 heterocycles. The van der Waals surface area contributed by atoms with Crippen LogP contribution in [0.15, 0.2) is 12.1 Å². The van der Waals surface area contributed by atoms with Gasteiger partial charge in [-0.2, -0.15) is 13.2 Å². The predicted octanol–water partition coefficient (Wildman–Crippen LogP) is 3.14. The summed E-state index contributed by atoms with van der Waals surface area (Å²) in [6.07, 6.45) is -3.32. The third-order valence-electron chi connectivity index (χ3n) is 3.78. The molecule has 1 aromatic carbocycles. The smallest absolute Gasteiger partial charge is 0.392 e. The molecule has 0 radical (unpaired) electrons. The molecule has 1 aliphatic carbocycles. The average molecular weight is 345 g/mol. The topological polar surface area (TPSA) is 61.4 Å². The fraction of sp³-hybridized carbons (Fsp3) is 0.400. The molecule has 23 heavy (non-hydrogen) atoms. The zero-order chi connectivity index (χ0) is 16.8. The van der Waals surface area contributed by atoms with E-state index in [1.165, 1.54) is 6.07 Å². The number of rotatable bonds is 1. The maximum atomic E-state index is 13.8. The summed E-state index contributed by atoms with van der Waals surface area (Å²) >= 11 is 5.93. The fourth-order valence-electron chi connectivity index (χ4n) is 2.38. The first kappa shape index (κ1) is 16.0. The zero-order valence-corrected chi connectivity index (χ0v) is 12.5. The molecule has 8 heteroatoms. The van der Waals surface area contributed by atoms with Crippen LogP contribution < -0.4 is 10.6 Å². The Hall–Kier alpha value is -1.91. The SMILES string of the molecule is O=C1Nc2cc(CO)c(Cl)cc2C(C#CC2CC2)(C(F)(F)F)N1. The minimum Gasteiger partial charge on any atom is -0.392 e. The molecule has 1 fully saturated rings. The maximum Gasteiger partial charge on any atom is 0.427 e. The monoisotopic (exact) mass is 344 g/mol. The van der Waals surface area contributed by atoms with Crippen molar-refractivity contribution in [3.63, 3.8) is 0 Å². The largest absolute Gasteiger partial charge is 0.427 e. The Bertz CT molecular complexity index is 735. The second kappa shape index (κ2) is 5.32. The Kier molecular flexibility index (Phi) is 3.69. The van der Waals surface area contributed by atoms with Gasteiger partial charge in [0.05, 0.1) is 6.61 Å². The van der Waals surface area contributed by atoms with E-state index in [1.807, 2.05) is 5.32 Å². The first-order chi connectivity index (χ1) is 10.8. The van der Waals surface area contributed by atoms with E-state index in [0.717, 1.165) is 18.9 Å². The number of anilines is 1. The summed E-state index contributed by atoms with van der Waals surface area (Å²) in [6.45, 7) is -0.456. The summed E-state index contributed by atoms with van der Waals surface area (Å²) in [7, 11) is 0. The molecule has 1 atom stereocenters. The van der Waals surface area contributed by atoms with E-state index >= 15 is 0 Å². The van der Waals surface area contributed by atoms with Crippen molar-refractivity contribution in [1.82, 2.24) is 5.32 Å². The van der Waals surface area contributed by atoms with Crippen LogP contribution >= 0.6 is 11.6 Å². The van der Waals surface area contributed by atoms with Crippen LogP contribution in [0.5, 0.6) is 0 Å². The molecule has 0 bridgehead atoms. The number of nitrogens with one attached hydrogen (secondary N) is 2. The van der Waals surface area contributed by atoms with Gasteiger partial charge >= 0.3 is 12.2 Å². The van der Waals surface area contributed by atoms with E-state index in [-0.39, 0.29) is 27.8 Å². The van der Waals surface area contributed by atoms with Crippen LogP contribution in [-0.4, -0.2) is 17.3 Å². The van der Waals surface area contributed by atoms with E-state index in [4.69, 9.17) is 11.6 Å². The number of urea groups is 1. The van der Waals surface area contributed by atoms with Gasteiger partial charge in [-0.05, 0) is 30.5 Å². The van der Waals surface area contributed by atoms with Gasteiger partial charge in [0.2, 0.25) is 5.54 Å². The highest BCUT2D eigenvalue weighted by molar-refractivity contribution is 6.31. The molecule has 0 saturated heterocycles. The average Bonchev–Trinajstić information content (AvgIpc) is 3.27. The zero-order valence-electron chi connectivity index (χ0n) is 11.7. The number of hydrogen-bond acceptors (Lipinski definition) is 2. The first-order valence-electron chi connectivity index (χ1n) is 6.89. The molecule has 1 aliphatic heterocycles. The lowest BCUT2D eigenvalue weighted by Crippen LogP contribution is -2.59. The Labute approximate surface area is 135 Å². The van der Waals surface area contributed by atoms with Crippen molar-refractivity contribution in [1.29, 1.82) is 0 Å². The van der Waals surface area contributed by atoms with Gasteiger partial charge in [0.1, 0.15) is 0 Å². The Balaban J connectivity index is 2.23. The molecule has 1 unspecified atom stereocenters. The fourth-order valence-corrected chi connectivity index (χ4v) is 2.60. The molecule has 122 valence electrons. The summed E-state index contributed by atoms with van der Waals surface area (Å²) < 4.78 is 41.4. The van der Waals surface area contributed by atoms with Crippen LogP contribution in [-0.2, 0) is 12.1 Å². The van der Waals surface area contributed by atoms with E-state index in [2.05, 4.69) is 17.2 Å². The van der Waals surface area contributed by atoms with Gasteiger partial charge in [0.25, 0.3) is 0 Å². The van der Waals surface area contributed by atoms with Crippen LogP contribution in [0.25, 0.3) is 0 Å². The molecule has 4 nitrogen and oxygen atoms in total. The van der Waals surface area contributed by atoms with Crippen molar-refractivity contribution in [3.8, 4) is 11.8 Å². The predicted molar refractivity (Wildman–Crippen MR) is 77.8 cm³/mol. The second-order valence-corrected chi connectivity index (χ2v) is 5.93. The standard InChI is InChI=1S/C15H12ClF3N2O2/c16-11-6-10-12(5-9(11)7-22)20-13(23)21-14(10,15(17,18)19)4-3-8-1-2-8/h5-6,8,22H,1-2,7H2,(H2,20,21,23). The van der Waals surface area contributed by atoms with Crippen molar-refractivity contribution in [2.24, 2.45) is 5.92 Å². The van der Waals surface area contributed by atoms with Gasteiger partial charge in [0.15, 0.2) is 0 Å². The van der Waals surface area contributed by atoms with Crippen molar-refractivity contribution < 1.29 is 23.1 Å². The third kappa shape index (κ3) is 2.73. The highest BCUT2D eigenvalue weighted by Crippen LogP contribution is 2.45. The minimum absolute atomic E-state index is 0.0222. The summed E-state index contributed by atoms with van der Waals surface area (Å²) in [5.74, 6) is 4.73. The van der Waals surface area contributed by atoms with Gasteiger partial charge in [0, 0.05) is 22.2 Å². The third-order valence-corrected chi connectivity index (χ3v) is 4.13. The Morgan fingerprint density at radius 3 is 2.65 bits per heavy atom. The number of alkyl halides is 3. The Morgan fingerprint density at radius 1 is 1.39 bits per heavy atom. The molecular weight excluding hydrogens is 333 g/mol. The van der Waals surface area contributed by atoms with Crippen LogP contribution in [0.2, 0.25) is 5.02 Å². The molecule has 3 N–H and O–H groups in total.